The number of hydrogen-bond acceptors (Lipinski definition) is 4. The van der Waals surface area contributed by atoms with Crippen LogP contribution in [0.4, 0.5) is 0 Å². The predicted molar refractivity (Wildman–Crippen MR) is 124 cm³/mol. The van der Waals surface area contributed by atoms with Crippen molar-refractivity contribution in [1.29, 1.82) is 0 Å². The molecule has 0 unspecified atom stereocenters. The van der Waals surface area contributed by atoms with Gasteiger partial charge < -0.3 is 9.47 Å². The lowest BCUT2D eigenvalue weighted by atomic mass is 10.1. The first kappa shape index (κ1) is 20.2. The molecule has 0 saturated heterocycles. The second-order valence-electron chi connectivity index (χ2n) is 8.40. The van der Waals surface area contributed by atoms with Gasteiger partial charge in [-0.1, -0.05) is 18.2 Å². The van der Waals surface area contributed by atoms with E-state index in [1.54, 1.807) is 12.1 Å². The standard InChI is InChI=1S/C25H27N3O2S/c1-27-15-13-25-23(18-27)22-17-21(31(29,30)20-8-3-2-4-9-20)10-11-24(22)28(25)16-12-19-7-5-6-14-26-19/h3,5-11,14,17H,2,4,12-13,15-16,18H2,1H3. The van der Waals surface area contributed by atoms with Crippen molar-refractivity contribution >= 4 is 20.7 Å². The molecule has 3 aromatic rings. The van der Waals surface area contributed by atoms with Crippen LogP contribution >= 0.6 is 0 Å². The first-order valence-electron chi connectivity index (χ1n) is 10.9. The second kappa shape index (κ2) is 8.09. The largest absolute Gasteiger partial charge is 0.344 e. The Balaban J connectivity index is 1.59. The maximum absolute atomic E-state index is 13.2. The van der Waals surface area contributed by atoms with Gasteiger partial charge in [0.2, 0.25) is 9.84 Å². The number of aromatic nitrogens is 2. The highest BCUT2D eigenvalue weighted by Crippen LogP contribution is 2.34. The molecule has 1 aromatic carbocycles. The van der Waals surface area contributed by atoms with Gasteiger partial charge in [-0.2, -0.15) is 0 Å². The zero-order valence-electron chi connectivity index (χ0n) is 17.8. The number of rotatable bonds is 5. The van der Waals surface area contributed by atoms with Crippen molar-refractivity contribution in [2.24, 2.45) is 0 Å². The van der Waals surface area contributed by atoms with Gasteiger partial charge in [-0.25, -0.2) is 8.42 Å². The first-order chi connectivity index (χ1) is 15.0. The SMILES string of the molecule is CN1CCc2c(c3cc(S(=O)(=O)C4=CCCC=C4)ccc3n2CCc2ccccn2)C1. The molecule has 5 nitrogen and oxygen atoms in total. The fraction of sp³-hybridized carbons (Fsp3) is 0.320. The van der Waals surface area contributed by atoms with Gasteiger partial charge in [-0.05, 0) is 61.9 Å². The van der Waals surface area contributed by atoms with Gasteiger partial charge in [0.15, 0.2) is 0 Å². The summed E-state index contributed by atoms with van der Waals surface area (Å²) in [6.07, 6.45) is 10.8. The fourth-order valence-electron chi connectivity index (χ4n) is 4.68. The van der Waals surface area contributed by atoms with Gasteiger partial charge in [0.05, 0.1) is 9.80 Å². The molecule has 0 bridgehead atoms. The Kier molecular flexibility index (Phi) is 5.28. The van der Waals surface area contributed by atoms with Gasteiger partial charge in [-0.15, -0.1) is 0 Å². The third-order valence-corrected chi connectivity index (χ3v) is 8.11. The zero-order chi connectivity index (χ0) is 21.4. The number of fused-ring (bicyclic) bond motifs is 3. The Morgan fingerprint density at radius 2 is 2.03 bits per heavy atom. The van der Waals surface area contributed by atoms with Crippen LogP contribution in [-0.2, 0) is 35.8 Å². The van der Waals surface area contributed by atoms with E-state index in [0.717, 1.165) is 61.9 Å². The number of pyridine rings is 1. The maximum Gasteiger partial charge on any atom is 0.206 e. The Labute approximate surface area is 183 Å². The summed E-state index contributed by atoms with van der Waals surface area (Å²) in [4.78, 5) is 7.57. The van der Waals surface area contributed by atoms with Crippen LogP contribution < -0.4 is 0 Å². The highest BCUT2D eigenvalue weighted by Gasteiger charge is 2.25. The molecule has 0 N–H and O–H groups in total. The van der Waals surface area contributed by atoms with Crippen molar-refractivity contribution in [1.82, 2.24) is 14.5 Å². The van der Waals surface area contributed by atoms with Crippen molar-refractivity contribution in [3.63, 3.8) is 0 Å². The average Bonchev–Trinajstić information content (AvgIpc) is 3.11. The molecule has 160 valence electrons. The topological polar surface area (TPSA) is 55.2 Å². The summed E-state index contributed by atoms with van der Waals surface area (Å²) in [6, 6.07) is 11.7. The number of allylic oxidation sites excluding steroid dienone is 3. The smallest absolute Gasteiger partial charge is 0.206 e. The predicted octanol–water partition coefficient (Wildman–Crippen LogP) is 4.27. The minimum Gasteiger partial charge on any atom is -0.344 e. The quantitative estimate of drug-likeness (QED) is 0.603. The summed E-state index contributed by atoms with van der Waals surface area (Å²) in [7, 11) is -1.37. The average molecular weight is 434 g/mol. The summed E-state index contributed by atoms with van der Waals surface area (Å²) in [5.41, 5.74) is 4.77. The number of aryl methyl sites for hydroxylation is 2. The van der Waals surface area contributed by atoms with Crippen molar-refractivity contribution in [3.05, 3.63) is 82.7 Å². The molecule has 0 saturated carbocycles. The van der Waals surface area contributed by atoms with E-state index in [0.29, 0.717) is 9.80 Å². The van der Waals surface area contributed by atoms with Gasteiger partial charge in [0, 0.05) is 61.0 Å². The van der Waals surface area contributed by atoms with Gasteiger partial charge in [0.25, 0.3) is 0 Å². The van der Waals surface area contributed by atoms with E-state index >= 15 is 0 Å². The minimum absolute atomic E-state index is 0.385. The second-order valence-corrected chi connectivity index (χ2v) is 10.4. The Hall–Kier alpha value is -2.70. The number of likely N-dealkylation sites (N-methyl/N-ethyl adjacent to an activating group) is 1. The van der Waals surface area contributed by atoms with Crippen LogP contribution in [0.25, 0.3) is 10.9 Å². The molecule has 0 radical (unpaired) electrons. The lowest BCUT2D eigenvalue weighted by molar-refractivity contribution is 0.309. The summed E-state index contributed by atoms with van der Waals surface area (Å²) in [5.74, 6) is 0. The highest BCUT2D eigenvalue weighted by molar-refractivity contribution is 7.95. The fourth-order valence-corrected chi connectivity index (χ4v) is 6.09. The van der Waals surface area contributed by atoms with Crippen LogP contribution in [0.2, 0.25) is 0 Å². The van der Waals surface area contributed by atoms with Crippen LogP contribution in [-0.4, -0.2) is 36.5 Å². The molecule has 5 rings (SSSR count). The number of sulfone groups is 1. The van der Waals surface area contributed by atoms with E-state index in [9.17, 15) is 8.42 Å². The van der Waals surface area contributed by atoms with Gasteiger partial charge in [-0.3, -0.25) is 4.98 Å². The molecule has 0 amide bonds. The molecule has 0 fully saturated rings. The normalized spacial score (nSPS) is 17.0. The number of benzene rings is 1. The minimum atomic E-state index is -3.50. The zero-order valence-corrected chi connectivity index (χ0v) is 18.6. The van der Waals surface area contributed by atoms with E-state index in [1.807, 2.05) is 42.6 Å². The van der Waals surface area contributed by atoms with Crippen LogP contribution in [0.5, 0.6) is 0 Å². The molecule has 1 aliphatic heterocycles. The summed E-state index contributed by atoms with van der Waals surface area (Å²) in [5, 5.41) is 1.06. The molecule has 3 heterocycles. The van der Waals surface area contributed by atoms with Crippen molar-refractivity contribution in [2.45, 2.75) is 43.7 Å². The molecular weight excluding hydrogens is 406 g/mol. The molecular formula is C25H27N3O2S. The number of nitrogens with zero attached hydrogens (tertiary/aromatic N) is 3. The highest BCUT2D eigenvalue weighted by atomic mass is 32.2. The lowest BCUT2D eigenvalue weighted by Gasteiger charge is -2.24. The number of hydrogen-bond donors (Lipinski definition) is 0. The van der Waals surface area contributed by atoms with Crippen LogP contribution in [0.1, 0.15) is 29.8 Å². The Morgan fingerprint density at radius 1 is 1.13 bits per heavy atom. The summed E-state index contributed by atoms with van der Waals surface area (Å²) >= 11 is 0. The molecule has 0 spiro atoms. The van der Waals surface area contributed by atoms with Gasteiger partial charge in [0.1, 0.15) is 0 Å². The van der Waals surface area contributed by atoms with Crippen molar-refractivity contribution < 1.29 is 8.42 Å². The van der Waals surface area contributed by atoms with E-state index in [2.05, 4.69) is 27.6 Å². The van der Waals surface area contributed by atoms with E-state index in [4.69, 9.17) is 0 Å². The van der Waals surface area contributed by atoms with E-state index in [-0.39, 0.29) is 0 Å². The van der Waals surface area contributed by atoms with Crippen LogP contribution in [0.3, 0.4) is 0 Å². The molecule has 2 aliphatic rings. The monoisotopic (exact) mass is 433 g/mol. The van der Waals surface area contributed by atoms with E-state index < -0.39 is 9.84 Å². The van der Waals surface area contributed by atoms with Crippen molar-refractivity contribution in [3.8, 4) is 0 Å². The third kappa shape index (κ3) is 3.75. The molecule has 1 aliphatic carbocycles. The van der Waals surface area contributed by atoms with Crippen LogP contribution in [0.15, 0.2) is 70.6 Å². The molecule has 6 heteroatoms. The summed E-state index contributed by atoms with van der Waals surface area (Å²) < 4.78 is 28.8. The van der Waals surface area contributed by atoms with Crippen LogP contribution in [0, 0.1) is 0 Å². The molecule has 2 aromatic heterocycles. The molecule has 31 heavy (non-hydrogen) atoms. The summed E-state index contributed by atoms with van der Waals surface area (Å²) in [6.45, 7) is 2.69. The first-order valence-corrected chi connectivity index (χ1v) is 12.4. The third-order valence-electron chi connectivity index (χ3n) is 6.32. The Bertz CT molecular complexity index is 1290. The Morgan fingerprint density at radius 3 is 2.81 bits per heavy atom. The lowest BCUT2D eigenvalue weighted by Crippen LogP contribution is -2.27. The van der Waals surface area contributed by atoms with E-state index in [1.165, 1.54) is 11.3 Å². The van der Waals surface area contributed by atoms with Gasteiger partial charge >= 0.3 is 0 Å². The van der Waals surface area contributed by atoms with Crippen molar-refractivity contribution in [2.75, 3.05) is 13.6 Å². The molecule has 0 atom stereocenters. The maximum atomic E-state index is 13.2.